The molecular formula is C32H47NO9Si. The van der Waals surface area contributed by atoms with E-state index in [9.17, 15) is 9.59 Å². The maximum atomic E-state index is 12.0. The molecule has 0 aliphatic carbocycles. The third-order valence-corrected chi connectivity index (χ3v) is 9.54. The zero-order valence-electron chi connectivity index (χ0n) is 25.9. The van der Waals surface area contributed by atoms with E-state index in [0.29, 0.717) is 63.4 Å². The van der Waals surface area contributed by atoms with Crippen LogP contribution in [0.3, 0.4) is 0 Å². The molecule has 0 saturated heterocycles. The minimum atomic E-state index is -2.69. The Bertz CT molecular complexity index is 1110. The number of alkyl carbamates (subject to hydrolysis) is 1. The first-order valence-corrected chi connectivity index (χ1v) is 16.9. The third kappa shape index (κ3) is 13.6. The van der Waals surface area contributed by atoms with Crippen LogP contribution in [0.4, 0.5) is 4.79 Å². The number of carbonyl (C=O) groups is 2. The summed E-state index contributed by atoms with van der Waals surface area (Å²) < 4.78 is 34.1. The second-order valence-corrected chi connectivity index (χ2v) is 12.3. The number of aliphatic carboxylic acids is 1. The van der Waals surface area contributed by atoms with Gasteiger partial charge in [0.2, 0.25) is 0 Å². The maximum Gasteiger partial charge on any atom is 0.500 e. The van der Waals surface area contributed by atoms with Gasteiger partial charge < -0.3 is 37.9 Å². The molecule has 2 aromatic carbocycles. The van der Waals surface area contributed by atoms with Crippen LogP contribution >= 0.6 is 0 Å². The van der Waals surface area contributed by atoms with Crippen LogP contribution in [0.2, 0.25) is 6.04 Å². The van der Waals surface area contributed by atoms with Gasteiger partial charge in [-0.05, 0) is 88.3 Å². The summed E-state index contributed by atoms with van der Waals surface area (Å²) in [5, 5.41) is 11.6. The molecule has 238 valence electrons. The standard InChI is InChI=1S/C32H47NO9Si/c1-5-40-43(41-6-2,42-7-3)24-12-21-33-32(36)39-23-11-9-8-10-22-38-29-18-15-26(16-19-29)28-14-13-27(17-20-31(34)35)30(25-28)37-4/h13-20,25H,5-12,21-24H2,1-4H3,(H,33,36)(H,34,35). The number of hydrogen-bond donors (Lipinski definition) is 2. The summed E-state index contributed by atoms with van der Waals surface area (Å²) >= 11 is 0. The predicted octanol–water partition coefficient (Wildman–Crippen LogP) is 6.56. The van der Waals surface area contributed by atoms with E-state index >= 15 is 0 Å². The number of carboxylic acids is 1. The Labute approximate surface area is 256 Å². The number of amides is 1. The lowest BCUT2D eigenvalue weighted by atomic mass is 10.0. The molecule has 0 aromatic heterocycles. The highest BCUT2D eigenvalue weighted by molar-refractivity contribution is 6.60. The van der Waals surface area contributed by atoms with Gasteiger partial charge in [-0.1, -0.05) is 24.3 Å². The monoisotopic (exact) mass is 617 g/mol. The molecule has 10 nitrogen and oxygen atoms in total. The van der Waals surface area contributed by atoms with E-state index in [0.717, 1.165) is 48.6 Å². The number of benzene rings is 2. The van der Waals surface area contributed by atoms with Crippen molar-refractivity contribution >= 4 is 26.9 Å². The largest absolute Gasteiger partial charge is 0.500 e. The van der Waals surface area contributed by atoms with Gasteiger partial charge >= 0.3 is 20.9 Å². The number of hydrogen-bond acceptors (Lipinski definition) is 8. The zero-order valence-corrected chi connectivity index (χ0v) is 26.9. The van der Waals surface area contributed by atoms with Gasteiger partial charge in [-0.15, -0.1) is 0 Å². The molecule has 2 aromatic rings. The van der Waals surface area contributed by atoms with Crippen LogP contribution in [0.25, 0.3) is 17.2 Å². The average Bonchev–Trinajstić information content (AvgIpc) is 3.00. The Hall–Kier alpha value is -3.38. The molecule has 0 atom stereocenters. The molecule has 0 saturated carbocycles. The highest BCUT2D eigenvalue weighted by Crippen LogP contribution is 2.29. The fraction of sp³-hybridized carbons (Fsp3) is 0.500. The van der Waals surface area contributed by atoms with Gasteiger partial charge in [0.1, 0.15) is 11.5 Å². The van der Waals surface area contributed by atoms with Crippen molar-refractivity contribution in [2.45, 2.75) is 58.9 Å². The summed E-state index contributed by atoms with van der Waals surface area (Å²) in [5.74, 6) is 0.383. The minimum absolute atomic E-state index is 0.380. The second-order valence-electron chi connectivity index (χ2n) is 9.56. The topological polar surface area (TPSA) is 122 Å². The molecule has 2 N–H and O–H groups in total. The van der Waals surface area contributed by atoms with E-state index in [1.807, 2.05) is 63.2 Å². The molecule has 0 aliphatic rings. The maximum absolute atomic E-state index is 12.0. The van der Waals surface area contributed by atoms with Gasteiger partial charge in [0.15, 0.2) is 0 Å². The fourth-order valence-corrected chi connectivity index (χ4v) is 7.01. The van der Waals surface area contributed by atoms with Crippen LogP contribution in [0.5, 0.6) is 11.5 Å². The average molecular weight is 618 g/mol. The second kappa shape index (κ2) is 20.5. The Balaban J connectivity index is 1.60. The molecule has 0 fully saturated rings. The number of nitrogens with one attached hydrogen (secondary N) is 1. The van der Waals surface area contributed by atoms with Crippen molar-refractivity contribution in [1.29, 1.82) is 0 Å². The minimum Gasteiger partial charge on any atom is -0.496 e. The lowest BCUT2D eigenvalue weighted by Gasteiger charge is -2.28. The molecule has 11 heteroatoms. The summed E-state index contributed by atoms with van der Waals surface area (Å²) in [5.41, 5.74) is 2.65. The van der Waals surface area contributed by atoms with E-state index in [1.165, 1.54) is 6.08 Å². The zero-order chi connectivity index (χ0) is 31.3. The summed E-state index contributed by atoms with van der Waals surface area (Å²) in [6, 6.07) is 14.1. The van der Waals surface area contributed by atoms with Crippen molar-refractivity contribution < 1.29 is 42.2 Å². The molecule has 1 amide bonds. The van der Waals surface area contributed by atoms with Gasteiger partial charge in [0.05, 0.1) is 20.3 Å². The third-order valence-electron chi connectivity index (χ3n) is 6.39. The molecule has 0 radical (unpaired) electrons. The summed E-state index contributed by atoms with van der Waals surface area (Å²) in [4.78, 5) is 22.8. The highest BCUT2D eigenvalue weighted by Gasteiger charge is 2.39. The van der Waals surface area contributed by atoms with Crippen molar-refractivity contribution in [1.82, 2.24) is 5.32 Å². The Morgan fingerprint density at radius 2 is 1.47 bits per heavy atom. The quantitative estimate of drug-likeness (QED) is 0.0859. The van der Waals surface area contributed by atoms with E-state index in [-0.39, 0.29) is 0 Å². The molecule has 0 heterocycles. The van der Waals surface area contributed by atoms with E-state index in [1.54, 1.807) is 7.11 Å². The van der Waals surface area contributed by atoms with E-state index < -0.39 is 20.9 Å². The van der Waals surface area contributed by atoms with E-state index in [2.05, 4.69) is 5.32 Å². The number of unbranched alkanes of at least 4 members (excludes halogenated alkanes) is 3. The fourth-order valence-electron chi connectivity index (χ4n) is 4.39. The van der Waals surface area contributed by atoms with E-state index in [4.69, 9.17) is 32.6 Å². The van der Waals surface area contributed by atoms with Crippen LogP contribution in [-0.4, -0.2) is 72.7 Å². The van der Waals surface area contributed by atoms with Gasteiger partial charge in [-0.2, -0.15) is 0 Å². The Kier molecular flexibility index (Phi) is 17.1. The van der Waals surface area contributed by atoms with Gasteiger partial charge in [-0.25, -0.2) is 9.59 Å². The van der Waals surface area contributed by atoms with Gasteiger partial charge in [0, 0.05) is 44.0 Å². The molecule has 0 bridgehead atoms. The van der Waals surface area contributed by atoms with Gasteiger partial charge in [-0.3, -0.25) is 0 Å². The SMILES string of the molecule is CCO[Si](CCCNC(=O)OCCCCCCOc1ccc(-c2ccc(C=CC(=O)O)c(OC)c2)cc1)(OCC)OCC. The molecule has 0 unspecified atom stereocenters. The van der Waals surface area contributed by atoms with Crippen LogP contribution in [0.1, 0.15) is 58.4 Å². The smallest absolute Gasteiger partial charge is 0.496 e. The lowest BCUT2D eigenvalue weighted by molar-refractivity contribution is -0.131. The molecule has 43 heavy (non-hydrogen) atoms. The highest BCUT2D eigenvalue weighted by atomic mass is 28.4. The van der Waals surface area contributed by atoms with Crippen LogP contribution in [0, 0.1) is 0 Å². The van der Waals surface area contributed by atoms with Crippen LogP contribution < -0.4 is 14.8 Å². The van der Waals surface area contributed by atoms with Crippen molar-refractivity contribution in [3.8, 4) is 22.6 Å². The number of carbonyl (C=O) groups excluding carboxylic acids is 1. The first kappa shape index (κ1) is 35.8. The van der Waals surface area contributed by atoms with Crippen molar-refractivity contribution in [3.63, 3.8) is 0 Å². The first-order chi connectivity index (χ1) is 20.9. The number of ether oxygens (including phenoxy) is 3. The Morgan fingerprint density at radius 3 is 2.07 bits per heavy atom. The summed E-state index contributed by atoms with van der Waals surface area (Å²) in [7, 11) is -1.13. The van der Waals surface area contributed by atoms with Crippen molar-refractivity contribution in [3.05, 3.63) is 54.1 Å². The number of carboxylic acid groups (broad SMARTS) is 1. The number of methoxy groups -OCH3 is 1. The molecule has 2 rings (SSSR count). The molecule has 0 aliphatic heterocycles. The molecular weight excluding hydrogens is 570 g/mol. The normalized spacial score (nSPS) is 11.4. The molecule has 0 spiro atoms. The van der Waals surface area contributed by atoms with Crippen molar-refractivity contribution in [2.24, 2.45) is 0 Å². The Morgan fingerprint density at radius 1 is 0.837 bits per heavy atom. The van der Waals surface area contributed by atoms with Crippen LogP contribution in [0.15, 0.2) is 48.5 Å². The summed E-state index contributed by atoms with van der Waals surface area (Å²) in [6.45, 7) is 8.84. The first-order valence-electron chi connectivity index (χ1n) is 15.0. The van der Waals surface area contributed by atoms with Crippen molar-refractivity contribution in [2.75, 3.05) is 46.7 Å². The van der Waals surface area contributed by atoms with Gasteiger partial charge in [0.25, 0.3) is 0 Å². The van der Waals surface area contributed by atoms with Crippen LogP contribution in [-0.2, 0) is 22.8 Å². The predicted molar refractivity (Wildman–Crippen MR) is 168 cm³/mol. The lowest BCUT2D eigenvalue weighted by Crippen LogP contribution is -2.46. The number of rotatable bonds is 22. The summed E-state index contributed by atoms with van der Waals surface area (Å²) in [6.07, 6.45) is 6.50.